The SMILES string of the molecule is CC(C#N)NCc1cc2c(s1)CCC2. The number of nitrogens with zero attached hydrogens (tertiary/aromatic N) is 1. The lowest BCUT2D eigenvalue weighted by Gasteiger charge is -2.03. The van der Waals surface area contributed by atoms with Crippen LogP contribution >= 0.6 is 11.3 Å². The van der Waals surface area contributed by atoms with Crippen molar-refractivity contribution in [1.29, 1.82) is 5.26 Å². The van der Waals surface area contributed by atoms with Crippen LogP contribution in [0.2, 0.25) is 0 Å². The van der Waals surface area contributed by atoms with Gasteiger partial charge in [0.2, 0.25) is 0 Å². The summed E-state index contributed by atoms with van der Waals surface area (Å²) in [4.78, 5) is 2.93. The van der Waals surface area contributed by atoms with E-state index in [2.05, 4.69) is 17.5 Å². The minimum atomic E-state index is -0.0491. The topological polar surface area (TPSA) is 35.8 Å². The summed E-state index contributed by atoms with van der Waals surface area (Å²) in [5.41, 5.74) is 1.54. The van der Waals surface area contributed by atoms with E-state index in [9.17, 15) is 0 Å². The lowest BCUT2D eigenvalue weighted by Crippen LogP contribution is -2.22. The van der Waals surface area contributed by atoms with E-state index in [-0.39, 0.29) is 6.04 Å². The molecule has 1 heterocycles. The van der Waals surface area contributed by atoms with Crippen LogP contribution in [0.4, 0.5) is 0 Å². The molecular formula is C11H14N2S. The van der Waals surface area contributed by atoms with Gasteiger partial charge in [0.25, 0.3) is 0 Å². The van der Waals surface area contributed by atoms with Gasteiger partial charge < -0.3 is 0 Å². The standard InChI is InChI=1S/C11H14N2S/c1-8(6-12)13-7-10-5-9-3-2-4-11(9)14-10/h5,8,13H,2-4,7H2,1H3. The highest BCUT2D eigenvalue weighted by atomic mass is 32.1. The second-order valence-corrected chi connectivity index (χ2v) is 4.97. The van der Waals surface area contributed by atoms with Crippen molar-refractivity contribution in [2.24, 2.45) is 0 Å². The minimum absolute atomic E-state index is 0.0491. The van der Waals surface area contributed by atoms with E-state index in [0.29, 0.717) is 0 Å². The fraction of sp³-hybridized carbons (Fsp3) is 0.545. The molecule has 3 heteroatoms. The largest absolute Gasteiger partial charge is 0.297 e. The average molecular weight is 206 g/mol. The molecule has 14 heavy (non-hydrogen) atoms. The Kier molecular flexibility index (Phi) is 2.85. The molecule has 1 aliphatic rings. The van der Waals surface area contributed by atoms with Crippen LogP contribution in [0.1, 0.15) is 28.7 Å². The second-order valence-electron chi connectivity index (χ2n) is 3.75. The van der Waals surface area contributed by atoms with Crippen molar-refractivity contribution in [2.45, 2.75) is 38.8 Å². The molecule has 0 bridgehead atoms. The molecule has 0 saturated heterocycles. The van der Waals surface area contributed by atoms with Crippen LogP contribution < -0.4 is 5.32 Å². The summed E-state index contributed by atoms with van der Waals surface area (Å²) >= 11 is 1.90. The minimum Gasteiger partial charge on any atom is -0.297 e. The Hall–Kier alpha value is -0.850. The molecule has 0 fully saturated rings. The van der Waals surface area contributed by atoms with Gasteiger partial charge in [-0.3, -0.25) is 5.32 Å². The van der Waals surface area contributed by atoms with Crippen LogP contribution in [0, 0.1) is 11.3 Å². The Morgan fingerprint density at radius 1 is 1.64 bits per heavy atom. The van der Waals surface area contributed by atoms with E-state index in [1.165, 1.54) is 29.7 Å². The van der Waals surface area contributed by atoms with Gasteiger partial charge in [-0.2, -0.15) is 5.26 Å². The first-order valence-electron chi connectivity index (χ1n) is 5.03. The third-order valence-electron chi connectivity index (χ3n) is 2.57. The Morgan fingerprint density at radius 2 is 2.50 bits per heavy atom. The fourth-order valence-corrected chi connectivity index (χ4v) is 2.99. The maximum Gasteiger partial charge on any atom is 0.0927 e. The zero-order chi connectivity index (χ0) is 9.97. The molecule has 74 valence electrons. The quantitative estimate of drug-likeness (QED) is 0.823. The lowest BCUT2D eigenvalue weighted by atomic mass is 10.2. The number of nitriles is 1. The van der Waals surface area contributed by atoms with E-state index in [0.717, 1.165) is 6.54 Å². The maximum atomic E-state index is 8.62. The van der Waals surface area contributed by atoms with Crippen molar-refractivity contribution in [3.05, 3.63) is 21.4 Å². The molecule has 1 aromatic heterocycles. The zero-order valence-electron chi connectivity index (χ0n) is 8.34. The summed E-state index contributed by atoms with van der Waals surface area (Å²) in [7, 11) is 0. The molecule has 2 rings (SSSR count). The molecule has 0 saturated carbocycles. The number of thiophene rings is 1. The summed E-state index contributed by atoms with van der Waals surface area (Å²) in [6.45, 7) is 2.73. The molecule has 1 atom stereocenters. The summed E-state index contributed by atoms with van der Waals surface area (Å²) in [5, 5.41) is 11.8. The first-order valence-corrected chi connectivity index (χ1v) is 5.84. The molecule has 0 spiro atoms. The summed E-state index contributed by atoms with van der Waals surface area (Å²) < 4.78 is 0. The van der Waals surface area contributed by atoms with Gasteiger partial charge in [-0.1, -0.05) is 0 Å². The average Bonchev–Trinajstić information content (AvgIpc) is 2.73. The van der Waals surface area contributed by atoms with Crippen LogP contribution in [0.5, 0.6) is 0 Å². The number of nitrogens with one attached hydrogen (secondary N) is 1. The van der Waals surface area contributed by atoms with E-state index >= 15 is 0 Å². The normalized spacial score (nSPS) is 16.3. The van der Waals surface area contributed by atoms with Gasteiger partial charge in [0.1, 0.15) is 0 Å². The van der Waals surface area contributed by atoms with Gasteiger partial charge in [-0.15, -0.1) is 11.3 Å². The summed E-state index contributed by atoms with van der Waals surface area (Å²) in [6.07, 6.45) is 3.83. The van der Waals surface area contributed by atoms with Gasteiger partial charge in [0, 0.05) is 16.3 Å². The van der Waals surface area contributed by atoms with Crippen LogP contribution in [0.25, 0.3) is 0 Å². The van der Waals surface area contributed by atoms with Crippen LogP contribution in [-0.4, -0.2) is 6.04 Å². The zero-order valence-corrected chi connectivity index (χ0v) is 9.16. The molecule has 0 aliphatic heterocycles. The lowest BCUT2D eigenvalue weighted by molar-refractivity contribution is 0.648. The third kappa shape index (κ3) is 1.97. The number of aryl methyl sites for hydroxylation is 2. The summed E-state index contributed by atoms with van der Waals surface area (Å²) in [6, 6.07) is 4.42. The first kappa shape index (κ1) is 9.70. The highest BCUT2D eigenvalue weighted by Crippen LogP contribution is 2.30. The van der Waals surface area contributed by atoms with Crippen molar-refractivity contribution in [3.63, 3.8) is 0 Å². The van der Waals surface area contributed by atoms with E-state index < -0.39 is 0 Å². The van der Waals surface area contributed by atoms with Gasteiger partial charge in [-0.05, 0) is 37.8 Å². The van der Waals surface area contributed by atoms with Gasteiger partial charge >= 0.3 is 0 Å². The monoisotopic (exact) mass is 206 g/mol. The van der Waals surface area contributed by atoms with Crippen molar-refractivity contribution >= 4 is 11.3 Å². The molecule has 1 aliphatic carbocycles. The smallest absolute Gasteiger partial charge is 0.0927 e. The molecular weight excluding hydrogens is 192 g/mol. The molecule has 0 aromatic carbocycles. The maximum absolute atomic E-state index is 8.62. The van der Waals surface area contributed by atoms with E-state index in [4.69, 9.17) is 5.26 Å². The third-order valence-corrected chi connectivity index (χ3v) is 3.81. The van der Waals surface area contributed by atoms with Gasteiger partial charge in [0.05, 0.1) is 12.1 Å². The Bertz CT molecular complexity index is 340. The molecule has 0 amide bonds. The summed E-state index contributed by atoms with van der Waals surface area (Å²) in [5.74, 6) is 0. The number of fused-ring (bicyclic) bond motifs is 1. The Morgan fingerprint density at radius 3 is 3.21 bits per heavy atom. The molecule has 1 N–H and O–H groups in total. The predicted molar refractivity (Wildman–Crippen MR) is 58.3 cm³/mol. The Labute approximate surface area is 88.6 Å². The van der Waals surface area contributed by atoms with E-state index in [1.807, 2.05) is 18.3 Å². The number of hydrogen-bond acceptors (Lipinski definition) is 3. The van der Waals surface area contributed by atoms with Crippen molar-refractivity contribution in [3.8, 4) is 6.07 Å². The van der Waals surface area contributed by atoms with Gasteiger partial charge in [-0.25, -0.2) is 0 Å². The molecule has 1 aromatic rings. The second kappa shape index (κ2) is 4.12. The van der Waals surface area contributed by atoms with Crippen LogP contribution in [0.3, 0.4) is 0 Å². The van der Waals surface area contributed by atoms with Crippen molar-refractivity contribution in [2.75, 3.05) is 0 Å². The van der Waals surface area contributed by atoms with E-state index in [1.54, 1.807) is 4.88 Å². The molecule has 1 unspecified atom stereocenters. The molecule has 2 nitrogen and oxygen atoms in total. The van der Waals surface area contributed by atoms with Crippen LogP contribution in [-0.2, 0) is 19.4 Å². The van der Waals surface area contributed by atoms with Crippen molar-refractivity contribution in [1.82, 2.24) is 5.32 Å². The predicted octanol–water partition coefficient (Wildman–Crippen LogP) is 2.24. The van der Waals surface area contributed by atoms with Gasteiger partial charge in [0.15, 0.2) is 0 Å². The molecule has 0 radical (unpaired) electrons. The Balaban J connectivity index is 1.95. The first-order chi connectivity index (χ1) is 6.79. The van der Waals surface area contributed by atoms with Crippen molar-refractivity contribution < 1.29 is 0 Å². The highest BCUT2D eigenvalue weighted by Gasteiger charge is 2.14. The fourth-order valence-electron chi connectivity index (χ4n) is 1.78. The highest BCUT2D eigenvalue weighted by molar-refractivity contribution is 7.12. The number of rotatable bonds is 3. The number of hydrogen-bond donors (Lipinski definition) is 1. The van der Waals surface area contributed by atoms with Crippen LogP contribution in [0.15, 0.2) is 6.07 Å².